The van der Waals surface area contributed by atoms with Crippen LogP contribution in [0, 0.1) is 0 Å². The zero-order valence-corrected chi connectivity index (χ0v) is 18.2. The van der Waals surface area contributed by atoms with Crippen LogP contribution in [-0.2, 0) is 0 Å². The van der Waals surface area contributed by atoms with Crippen LogP contribution >= 0.6 is 0 Å². The predicted molar refractivity (Wildman–Crippen MR) is 124 cm³/mol. The van der Waals surface area contributed by atoms with Crippen LogP contribution in [0.5, 0.6) is 5.75 Å². The molecule has 170 valence electrons. The largest absolute Gasteiger partial charge is 0.452 e. The van der Waals surface area contributed by atoms with Crippen molar-refractivity contribution in [3.8, 4) is 5.75 Å². The molecule has 2 amide bonds. The van der Waals surface area contributed by atoms with Crippen LogP contribution in [0.1, 0.15) is 36.6 Å². The van der Waals surface area contributed by atoms with Crippen LogP contribution in [-0.4, -0.2) is 58.6 Å². The molecule has 2 aromatic carbocycles. The van der Waals surface area contributed by atoms with Gasteiger partial charge in [-0.2, -0.15) is 0 Å². The van der Waals surface area contributed by atoms with E-state index in [4.69, 9.17) is 10.5 Å². The van der Waals surface area contributed by atoms with Crippen LogP contribution in [0.3, 0.4) is 0 Å². The number of nitrogens with zero attached hydrogens (tertiary/aromatic N) is 4. The number of benzene rings is 2. The molecule has 3 aromatic rings. The van der Waals surface area contributed by atoms with E-state index in [9.17, 15) is 14.4 Å². The Bertz CT molecular complexity index is 1310. The lowest BCUT2D eigenvalue weighted by Crippen LogP contribution is -2.49. The van der Waals surface area contributed by atoms with Gasteiger partial charge in [-0.15, -0.1) is 0 Å². The van der Waals surface area contributed by atoms with Crippen molar-refractivity contribution in [2.45, 2.75) is 0 Å². The molecule has 0 radical (unpaired) electrons. The van der Waals surface area contributed by atoms with E-state index in [0.29, 0.717) is 37.3 Å². The van der Waals surface area contributed by atoms with Gasteiger partial charge in [-0.3, -0.25) is 19.4 Å². The number of ketones is 1. The summed E-state index contributed by atoms with van der Waals surface area (Å²) in [5.41, 5.74) is 6.99. The van der Waals surface area contributed by atoms with Gasteiger partial charge >= 0.3 is 0 Å². The number of allylic oxidation sites excluding steroid dienone is 1. The second kappa shape index (κ2) is 8.78. The van der Waals surface area contributed by atoms with E-state index in [-0.39, 0.29) is 34.3 Å². The minimum Gasteiger partial charge on any atom is -0.452 e. The minimum absolute atomic E-state index is 0.0749. The number of carbonyl (C=O) groups is 3. The summed E-state index contributed by atoms with van der Waals surface area (Å²) in [5.74, 6) is -0.0554. The highest BCUT2D eigenvalue weighted by Crippen LogP contribution is 2.35. The molecule has 0 spiro atoms. The third-order valence-electron chi connectivity index (χ3n) is 5.83. The SMILES string of the molecule is NC(=O)c1cccc2c1O/C(=C\c1cccc(C(=O)N3CCN(c4cnccn4)CC3)c1)C2=O. The maximum atomic E-state index is 13.1. The van der Waals surface area contributed by atoms with Crippen LogP contribution in [0.15, 0.2) is 66.8 Å². The quantitative estimate of drug-likeness (QED) is 0.599. The molecule has 1 fully saturated rings. The minimum atomic E-state index is -0.669. The van der Waals surface area contributed by atoms with Crippen molar-refractivity contribution in [1.29, 1.82) is 0 Å². The van der Waals surface area contributed by atoms with Gasteiger partial charge in [0.05, 0.1) is 17.3 Å². The molecule has 2 N–H and O–H groups in total. The molecule has 5 rings (SSSR count). The van der Waals surface area contributed by atoms with Crippen LogP contribution in [0.25, 0.3) is 6.08 Å². The van der Waals surface area contributed by atoms with E-state index in [1.165, 1.54) is 6.07 Å². The average molecular weight is 455 g/mol. The second-order valence-corrected chi connectivity index (χ2v) is 7.95. The number of hydrogen-bond donors (Lipinski definition) is 1. The number of fused-ring (bicyclic) bond motifs is 1. The first-order chi connectivity index (χ1) is 16.5. The summed E-state index contributed by atoms with van der Waals surface area (Å²) in [5, 5.41) is 0. The summed E-state index contributed by atoms with van der Waals surface area (Å²) in [4.78, 5) is 49.8. The molecule has 2 aliphatic rings. The molecular weight excluding hydrogens is 434 g/mol. The van der Waals surface area contributed by atoms with Crippen molar-refractivity contribution in [3.05, 3.63) is 89.1 Å². The number of hydrogen-bond acceptors (Lipinski definition) is 7. The predicted octanol–water partition coefficient (Wildman–Crippen LogP) is 2.15. The fourth-order valence-corrected chi connectivity index (χ4v) is 4.09. The number of para-hydroxylation sites is 1. The lowest BCUT2D eigenvalue weighted by molar-refractivity contribution is 0.0746. The van der Waals surface area contributed by atoms with Gasteiger partial charge in [0.1, 0.15) is 5.82 Å². The summed E-state index contributed by atoms with van der Waals surface area (Å²) in [6.07, 6.45) is 6.56. The Balaban J connectivity index is 1.31. The fourth-order valence-electron chi connectivity index (χ4n) is 4.09. The second-order valence-electron chi connectivity index (χ2n) is 7.95. The Hall–Kier alpha value is -4.53. The Labute approximate surface area is 195 Å². The zero-order valence-electron chi connectivity index (χ0n) is 18.2. The molecule has 0 aliphatic carbocycles. The number of piperazine rings is 1. The number of anilines is 1. The van der Waals surface area contributed by atoms with Gasteiger partial charge in [0, 0.05) is 44.1 Å². The lowest BCUT2D eigenvalue weighted by Gasteiger charge is -2.35. The first kappa shape index (κ1) is 21.3. The maximum Gasteiger partial charge on any atom is 0.253 e. The lowest BCUT2D eigenvalue weighted by atomic mass is 10.0. The van der Waals surface area contributed by atoms with Crippen molar-refractivity contribution < 1.29 is 19.1 Å². The van der Waals surface area contributed by atoms with Crippen molar-refractivity contribution >= 4 is 29.5 Å². The number of amides is 2. The van der Waals surface area contributed by atoms with Crippen molar-refractivity contribution in [3.63, 3.8) is 0 Å². The molecule has 1 aromatic heterocycles. The zero-order chi connectivity index (χ0) is 23.7. The number of nitrogens with two attached hydrogens (primary N) is 1. The number of ether oxygens (including phenoxy) is 1. The smallest absolute Gasteiger partial charge is 0.253 e. The summed E-state index contributed by atoms with van der Waals surface area (Å²) in [7, 11) is 0. The Morgan fingerprint density at radius 3 is 2.56 bits per heavy atom. The highest BCUT2D eigenvalue weighted by molar-refractivity contribution is 6.16. The Morgan fingerprint density at radius 1 is 1.03 bits per heavy atom. The molecule has 3 heterocycles. The summed E-state index contributed by atoms with van der Waals surface area (Å²) < 4.78 is 5.68. The van der Waals surface area contributed by atoms with Crippen LogP contribution in [0.2, 0.25) is 0 Å². The Kier molecular flexibility index (Phi) is 5.51. The molecule has 34 heavy (non-hydrogen) atoms. The molecular formula is C25H21N5O4. The molecule has 9 nitrogen and oxygen atoms in total. The monoisotopic (exact) mass is 455 g/mol. The van der Waals surface area contributed by atoms with Gasteiger partial charge in [0.2, 0.25) is 5.78 Å². The van der Waals surface area contributed by atoms with Crippen molar-refractivity contribution in [1.82, 2.24) is 14.9 Å². The number of rotatable bonds is 4. The maximum absolute atomic E-state index is 13.1. The number of aromatic nitrogens is 2. The Morgan fingerprint density at radius 2 is 1.82 bits per heavy atom. The molecule has 2 aliphatic heterocycles. The third-order valence-corrected chi connectivity index (χ3v) is 5.83. The normalized spacial score (nSPS) is 16.4. The highest BCUT2D eigenvalue weighted by atomic mass is 16.5. The summed E-state index contributed by atoms with van der Waals surface area (Å²) in [6, 6.07) is 11.7. The van der Waals surface area contributed by atoms with Crippen molar-refractivity contribution in [2.24, 2.45) is 5.73 Å². The topological polar surface area (TPSA) is 119 Å². The van der Waals surface area contributed by atoms with Crippen molar-refractivity contribution in [2.75, 3.05) is 31.1 Å². The highest BCUT2D eigenvalue weighted by Gasteiger charge is 2.31. The van der Waals surface area contributed by atoms with E-state index in [1.54, 1.807) is 66.0 Å². The molecule has 9 heteroatoms. The van der Waals surface area contributed by atoms with Crippen LogP contribution in [0.4, 0.5) is 5.82 Å². The van der Waals surface area contributed by atoms with Gasteiger partial charge < -0.3 is 20.3 Å². The summed E-state index contributed by atoms with van der Waals surface area (Å²) in [6.45, 7) is 2.45. The van der Waals surface area contributed by atoms with Gasteiger partial charge in [-0.05, 0) is 35.9 Å². The van der Waals surface area contributed by atoms with E-state index < -0.39 is 5.91 Å². The third kappa shape index (κ3) is 3.99. The van der Waals surface area contributed by atoms with Gasteiger partial charge in [0.25, 0.3) is 11.8 Å². The average Bonchev–Trinajstić information content (AvgIpc) is 3.19. The molecule has 0 atom stereocenters. The molecule has 0 unspecified atom stereocenters. The number of Topliss-reactive ketones (excluding diaryl/α,β-unsaturated/α-hetero) is 1. The molecule has 0 saturated carbocycles. The van der Waals surface area contributed by atoms with Gasteiger partial charge in [-0.1, -0.05) is 18.2 Å². The number of primary amides is 1. The first-order valence-corrected chi connectivity index (χ1v) is 10.8. The molecule has 0 bridgehead atoms. The van der Waals surface area contributed by atoms with Gasteiger partial charge in [0.15, 0.2) is 11.5 Å². The summed E-state index contributed by atoms with van der Waals surface area (Å²) >= 11 is 0. The van der Waals surface area contributed by atoms with E-state index in [1.807, 2.05) is 0 Å². The standard InChI is InChI=1S/C25H21N5O4/c26-24(32)19-6-2-5-18-22(31)20(34-23(18)19)14-16-3-1-4-17(13-16)25(33)30-11-9-29(10-12-30)21-15-27-7-8-28-21/h1-8,13-15H,9-12H2,(H2,26,32)/b20-14-. The van der Waals surface area contributed by atoms with Crippen LogP contribution < -0.4 is 15.4 Å². The van der Waals surface area contributed by atoms with Gasteiger partial charge in [-0.25, -0.2) is 4.98 Å². The molecule has 1 saturated heterocycles. The van der Waals surface area contributed by atoms with E-state index in [2.05, 4.69) is 14.9 Å². The van der Waals surface area contributed by atoms with E-state index in [0.717, 1.165) is 5.82 Å². The first-order valence-electron chi connectivity index (χ1n) is 10.8. The fraction of sp³-hybridized carbons (Fsp3) is 0.160. The number of carbonyl (C=O) groups excluding carboxylic acids is 3. The van der Waals surface area contributed by atoms with E-state index >= 15 is 0 Å².